The van der Waals surface area contributed by atoms with E-state index in [1.807, 2.05) is 0 Å². The number of amidine groups is 1. The van der Waals surface area contributed by atoms with Gasteiger partial charge in [-0.1, -0.05) is 30.6 Å². The van der Waals surface area contributed by atoms with E-state index in [1.54, 1.807) is 13.8 Å². The third kappa shape index (κ3) is 3.82. The third-order valence-corrected chi connectivity index (χ3v) is 2.88. The van der Waals surface area contributed by atoms with E-state index in [1.165, 1.54) is 12.1 Å². The minimum Gasteiger partial charge on any atom is -0.409 e. The maximum absolute atomic E-state index is 12.9. The van der Waals surface area contributed by atoms with Crippen molar-refractivity contribution in [3.63, 3.8) is 0 Å². The molecule has 0 bridgehead atoms. The highest BCUT2D eigenvalue weighted by Gasteiger charge is 2.27. The van der Waals surface area contributed by atoms with E-state index in [4.69, 9.17) is 22.5 Å². The van der Waals surface area contributed by atoms with Crippen LogP contribution in [0.3, 0.4) is 0 Å². The first kappa shape index (κ1) is 15.2. The number of hydrogen-bond acceptors (Lipinski definition) is 3. The quantitative estimate of drug-likeness (QED) is 0.344. The molecule has 1 atom stereocenters. The fourth-order valence-corrected chi connectivity index (χ4v) is 1.86. The number of nitrogens with one attached hydrogen (secondary N) is 1. The van der Waals surface area contributed by atoms with Gasteiger partial charge in [-0.15, -0.1) is 0 Å². The molecule has 5 nitrogen and oxygen atoms in total. The lowest BCUT2D eigenvalue weighted by Gasteiger charge is -2.19. The summed E-state index contributed by atoms with van der Waals surface area (Å²) in [5.41, 5.74) is 5.75. The summed E-state index contributed by atoms with van der Waals surface area (Å²) in [6.07, 6.45) is 0. The van der Waals surface area contributed by atoms with Crippen LogP contribution in [-0.2, 0) is 4.79 Å². The Balaban J connectivity index is 2.94. The third-order valence-electron chi connectivity index (χ3n) is 2.57. The molecule has 0 aromatic heterocycles. The van der Waals surface area contributed by atoms with Gasteiger partial charge in [-0.3, -0.25) is 4.79 Å². The highest BCUT2D eigenvalue weighted by atomic mass is 35.5. The second-order valence-electron chi connectivity index (χ2n) is 4.36. The van der Waals surface area contributed by atoms with Gasteiger partial charge in [0.05, 0.1) is 10.7 Å². The number of amides is 1. The number of rotatable bonds is 4. The van der Waals surface area contributed by atoms with Crippen LogP contribution in [0.5, 0.6) is 0 Å². The number of anilines is 1. The SMILES string of the molecule is CC(C)C(C(=O)Nc1ccc(F)cc1Cl)C(N)=NO. The van der Waals surface area contributed by atoms with Crippen LogP contribution in [0.4, 0.5) is 10.1 Å². The number of carbonyl (C=O) groups excluding carboxylic acids is 1. The molecule has 0 fully saturated rings. The van der Waals surface area contributed by atoms with Crippen LogP contribution in [0.2, 0.25) is 5.02 Å². The van der Waals surface area contributed by atoms with Crippen molar-refractivity contribution in [2.75, 3.05) is 5.32 Å². The Bertz CT molecular complexity index is 506. The lowest BCUT2D eigenvalue weighted by molar-refractivity contribution is -0.119. The maximum Gasteiger partial charge on any atom is 0.235 e. The summed E-state index contributed by atoms with van der Waals surface area (Å²) in [4.78, 5) is 12.1. The second kappa shape index (κ2) is 6.38. The van der Waals surface area contributed by atoms with Crippen LogP contribution >= 0.6 is 11.6 Å². The zero-order chi connectivity index (χ0) is 14.6. The van der Waals surface area contributed by atoms with Crippen molar-refractivity contribution in [1.29, 1.82) is 0 Å². The molecule has 0 saturated heterocycles. The fraction of sp³-hybridized carbons (Fsp3) is 0.333. The summed E-state index contributed by atoms with van der Waals surface area (Å²) in [6.45, 7) is 3.52. The Morgan fingerprint density at radius 1 is 1.53 bits per heavy atom. The number of halogens is 2. The van der Waals surface area contributed by atoms with E-state index < -0.39 is 17.6 Å². The summed E-state index contributed by atoms with van der Waals surface area (Å²) >= 11 is 5.81. The summed E-state index contributed by atoms with van der Waals surface area (Å²) < 4.78 is 12.9. The number of hydrogen-bond donors (Lipinski definition) is 3. The molecule has 0 aliphatic heterocycles. The van der Waals surface area contributed by atoms with Crippen molar-refractivity contribution < 1.29 is 14.4 Å². The molecule has 7 heteroatoms. The molecule has 0 saturated carbocycles. The smallest absolute Gasteiger partial charge is 0.235 e. The van der Waals surface area contributed by atoms with Gasteiger partial charge in [0.15, 0.2) is 5.84 Å². The average Bonchev–Trinajstić information content (AvgIpc) is 2.32. The minimum absolute atomic E-state index is 0.0790. The van der Waals surface area contributed by atoms with E-state index in [0.29, 0.717) is 0 Å². The van der Waals surface area contributed by atoms with Crippen LogP contribution in [0.15, 0.2) is 23.4 Å². The average molecular weight is 288 g/mol. The van der Waals surface area contributed by atoms with E-state index in [2.05, 4.69) is 10.5 Å². The van der Waals surface area contributed by atoms with E-state index in [-0.39, 0.29) is 22.5 Å². The lowest BCUT2D eigenvalue weighted by Crippen LogP contribution is -2.38. The van der Waals surface area contributed by atoms with Crippen LogP contribution < -0.4 is 11.1 Å². The first-order valence-corrected chi connectivity index (χ1v) is 5.98. The lowest BCUT2D eigenvalue weighted by atomic mass is 9.94. The number of carbonyl (C=O) groups is 1. The second-order valence-corrected chi connectivity index (χ2v) is 4.77. The Kier molecular flexibility index (Phi) is 5.11. The van der Waals surface area contributed by atoms with Crippen molar-refractivity contribution in [2.45, 2.75) is 13.8 Å². The normalized spacial score (nSPS) is 13.4. The van der Waals surface area contributed by atoms with Crippen molar-refractivity contribution >= 4 is 29.0 Å². The Morgan fingerprint density at radius 2 is 2.16 bits per heavy atom. The monoisotopic (exact) mass is 287 g/mol. The molecule has 1 unspecified atom stereocenters. The Morgan fingerprint density at radius 3 is 2.63 bits per heavy atom. The molecular formula is C12H15ClFN3O2. The van der Waals surface area contributed by atoms with E-state index >= 15 is 0 Å². The van der Waals surface area contributed by atoms with Crippen molar-refractivity contribution in [3.05, 3.63) is 29.0 Å². The van der Waals surface area contributed by atoms with Gasteiger partial charge in [-0.05, 0) is 24.1 Å². The first-order chi connectivity index (χ1) is 8.86. The van der Waals surface area contributed by atoms with Crippen molar-refractivity contribution in [2.24, 2.45) is 22.7 Å². The molecule has 0 spiro atoms. The summed E-state index contributed by atoms with van der Waals surface area (Å²) in [5.74, 6) is -2.13. The molecule has 0 aliphatic carbocycles. The van der Waals surface area contributed by atoms with Gasteiger partial charge >= 0.3 is 0 Å². The number of benzene rings is 1. The highest BCUT2D eigenvalue weighted by molar-refractivity contribution is 6.33. The van der Waals surface area contributed by atoms with Crippen LogP contribution in [0.1, 0.15) is 13.8 Å². The fourth-order valence-electron chi connectivity index (χ4n) is 1.64. The van der Waals surface area contributed by atoms with Crippen LogP contribution in [0, 0.1) is 17.7 Å². The number of nitrogens with two attached hydrogens (primary N) is 1. The van der Waals surface area contributed by atoms with Crippen LogP contribution in [0.25, 0.3) is 0 Å². The van der Waals surface area contributed by atoms with Crippen molar-refractivity contribution in [3.8, 4) is 0 Å². The predicted octanol–water partition coefficient (Wildman–Crippen LogP) is 2.44. The standard InChI is InChI=1S/C12H15ClFN3O2/c1-6(2)10(11(15)17-19)12(18)16-9-4-3-7(14)5-8(9)13/h3-6,10,19H,1-2H3,(H2,15,17)(H,16,18). The topological polar surface area (TPSA) is 87.7 Å². The van der Waals surface area contributed by atoms with Gasteiger partial charge < -0.3 is 16.3 Å². The highest BCUT2D eigenvalue weighted by Crippen LogP contribution is 2.24. The molecule has 0 heterocycles. The Labute approximate surface area is 115 Å². The molecule has 1 amide bonds. The van der Waals surface area contributed by atoms with Gasteiger partial charge in [0, 0.05) is 0 Å². The molecule has 0 aliphatic rings. The van der Waals surface area contributed by atoms with Crippen LogP contribution in [-0.4, -0.2) is 17.0 Å². The summed E-state index contributed by atoms with van der Waals surface area (Å²) in [6, 6.07) is 3.61. The summed E-state index contributed by atoms with van der Waals surface area (Å²) in [7, 11) is 0. The largest absolute Gasteiger partial charge is 0.409 e. The zero-order valence-electron chi connectivity index (χ0n) is 10.5. The van der Waals surface area contributed by atoms with Gasteiger partial charge in [-0.2, -0.15) is 0 Å². The summed E-state index contributed by atoms with van der Waals surface area (Å²) in [5, 5.41) is 14.1. The molecule has 1 aromatic rings. The number of nitrogens with zero attached hydrogens (tertiary/aromatic N) is 1. The van der Waals surface area contributed by atoms with Gasteiger partial charge in [0.2, 0.25) is 5.91 Å². The first-order valence-electron chi connectivity index (χ1n) is 5.60. The van der Waals surface area contributed by atoms with Crippen molar-refractivity contribution in [1.82, 2.24) is 0 Å². The molecule has 19 heavy (non-hydrogen) atoms. The molecule has 104 valence electrons. The minimum atomic E-state index is -0.800. The molecule has 0 radical (unpaired) electrons. The van der Waals surface area contributed by atoms with Gasteiger partial charge in [0.1, 0.15) is 11.7 Å². The number of oxime groups is 1. The van der Waals surface area contributed by atoms with Gasteiger partial charge in [0.25, 0.3) is 0 Å². The molecule has 1 aromatic carbocycles. The zero-order valence-corrected chi connectivity index (χ0v) is 11.3. The molecule has 4 N–H and O–H groups in total. The van der Waals surface area contributed by atoms with E-state index in [0.717, 1.165) is 6.07 Å². The maximum atomic E-state index is 12.9. The molecular weight excluding hydrogens is 273 g/mol. The van der Waals surface area contributed by atoms with Gasteiger partial charge in [-0.25, -0.2) is 4.39 Å². The predicted molar refractivity (Wildman–Crippen MR) is 71.8 cm³/mol. The van der Waals surface area contributed by atoms with E-state index in [9.17, 15) is 9.18 Å². The Hall–Kier alpha value is -1.82. The molecule has 1 rings (SSSR count).